The summed E-state index contributed by atoms with van der Waals surface area (Å²) in [5.41, 5.74) is 0.449. The van der Waals surface area contributed by atoms with Crippen molar-refractivity contribution < 1.29 is 14.8 Å². The maximum atomic E-state index is 9.13. The van der Waals surface area contributed by atoms with Gasteiger partial charge in [-0.05, 0) is 37.4 Å². The van der Waals surface area contributed by atoms with Crippen LogP contribution in [0.3, 0.4) is 0 Å². The monoisotopic (exact) mass is 279 g/mol. The third-order valence-corrected chi connectivity index (χ3v) is 3.13. The lowest BCUT2D eigenvalue weighted by Crippen LogP contribution is -2.37. The Labute approximate surface area is 122 Å². The van der Waals surface area contributed by atoms with Gasteiger partial charge in [-0.1, -0.05) is 26.0 Å². The van der Waals surface area contributed by atoms with Crippen LogP contribution in [0.2, 0.25) is 0 Å². The van der Waals surface area contributed by atoms with Crippen molar-refractivity contribution in [3.05, 3.63) is 24.3 Å². The Kier molecular flexibility index (Phi) is 7.06. The molecule has 0 spiro atoms. The van der Waals surface area contributed by atoms with Gasteiger partial charge in [0.25, 0.3) is 0 Å². The molecule has 1 aromatic carbocycles. The quantitative estimate of drug-likeness (QED) is 0.700. The Balaban J connectivity index is 2.48. The highest BCUT2D eigenvalue weighted by atomic mass is 16.5. The molecule has 0 unspecified atom stereocenters. The Bertz CT molecular complexity index is 396. The normalized spacial score (nSPS) is 11.4. The van der Waals surface area contributed by atoms with Crippen molar-refractivity contribution in [1.82, 2.24) is 4.90 Å². The van der Waals surface area contributed by atoms with Crippen LogP contribution in [0.15, 0.2) is 24.3 Å². The van der Waals surface area contributed by atoms with Crippen molar-refractivity contribution in [2.75, 3.05) is 19.7 Å². The van der Waals surface area contributed by atoms with Crippen LogP contribution in [0.4, 0.5) is 0 Å². The SMILES string of the molecule is CC(C)CN(CCOc1cccc(B(O)O)c1)C(C)C. The van der Waals surface area contributed by atoms with E-state index in [0.29, 0.717) is 29.8 Å². The first-order valence-electron chi connectivity index (χ1n) is 7.23. The van der Waals surface area contributed by atoms with Crippen LogP contribution in [-0.2, 0) is 0 Å². The van der Waals surface area contributed by atoms with Gasteiger partial charge in [0.15, 0.2) is 0 Å². The summed E-state index contributed by atoms with van der Waals surface area (Å²) < 4.78 is 5.70. The van der Waals surface area contributed by atoms with Gasteiger partial charge >= 0.3 is 7.12 Å². The summed E-state index contributed by atoms with van der Waals surface area (Å²) in [4.78, 5) is 2.38. The van der Waals surface area contributed by atoms with Gasteiger partial charge in [-0.15, -0.1) is 0 Å². The average molecular weight is 279 g/mol. The third kappa shape index (κ3) is 5.95. The second-order valence-corrected chi connectivity index (χ2v) is 5.78. The van der Waals surface area contributed by atoms with E-state index in [9.17, 15) is 0 Å². The highest BCUT2D eigenvalue weighted by Gasteiger charge is 2.13. The van der Waals surface area contributed by atoms with Crippen LogP contribution < -0.4 is 10.2 Å². The molecule has 0 atom stereocenters. The minimum Gasteiger partial charge on any atom is -0.492 e. The van der Waals surface area contributed by atoms with Crippen LogP contribution in [0.1, 0.15) is 27.7 Å². The van der Waals surface area contributed by atoms with Gasteiger partial charge in [0.05, 0.1) is 0 Å². The minimum absolute atomic E-state index is 0.449. The van der Waals surface area contributed by atoms with E-state index in [1.165, 1.54) is 0 Å². The summed E-state index contributed by atoms with van der Waals surface area (Å²) in [7, 11) is -1.45. The topological polar surface area (TPSA) is 52.9 Å². The molecule has 20 heavy (non-hydrogen) atoms. The molecule has 1 rings (SSSR count). The number of benzene rings is 1. The molecule has 0 aromatic heterocycles. The Morgan fingerprint density at radius 3 is 2.45 bits per heavy atom. The Morgan fingerprint density at radius 1 is 1.20 bits per heavy atom. The van der Waals surface area contributed by atoms with Crippen LogP contribution in [0.25, 0.3) is 0 Å². The van der Waals surface area contributed by atoms with E-state index >= 15 is 0 Å². The molecule has 0 aliphatic rings. The van der Waals surface area contributed by atoms with Gasteiger partial charge in [-0.25, -0.2) is 0 Å². The molecule has 0 fully saturated rings. The summed E-state index contributed by atoms with van der Waals surface area (Å²) in [6.45, 7) is 11.3. The second kappa shape index (κ2) is 8.30. The van der Waals surface area contributed by atoms with Gasteiger partial charge in [-0.3, -0.25) is 4.90 Å². The fourth-order valence-corrected chi connectivity index (χ4v) is 2.08. The van der Waals surface area contributed by atoms with E-state index in [1.54, 1.807) is 18.2 Å². The molecule has 4 nitrogen and oxygen atoms in total. The van der Waals surface area contributed by atoms with Gasteiger partial charge < -0.3 is 14.8 Å². The molecule has 0 bridgehead atoms. The zero-order valence-corrected chi connectivity index (χ0v) is 12.9. The van der Waals surface area contributed by atoms with Gasteiger partial charge in [-0.2, -0.15) is 0 Å². The van der Waals surface area contributed by atoms with Crippen molar-refractivity contribution in [2.24, 2.45) is 5.92 Å². The maximum absolute atomic E-state index is 9.13. The summed E-state index contributed by atoms with van der Waals surface area (Å²) in [6.07, 6.45) is 0. The highest BCUT2D eigenvalue weighted by Crippen LogP contribution is 2.09. The lowest BCUT2D eigenvalue weighted by molar-refractivity contribution is 0.160. The fourth-order valence-electron chi connectivity index (χ4n) is 2.08. The molecule has 0 amide bonds. The molecule has 1 aromatic rings. The van der Waals surface area contributed by atoms with Crippen LogP contribution in [-0.4, -0.2) is 47.8 Å². The molecule has 0 aliphatic heterocycles. The lowest BCUT2D eigenvalue weighted by Gasteiger charge is -2.28. The van der Waals surface area contributed by atoms with Gasteiger partial charge in [0, 0.05) is 19.1 Å². The molecule has 0 saturated heterocycles. The number of rotatable bonds is 8. The Morgan fingerprint density at radius 2 is 1.90 bits per heavy atom. The predicted molar refractivity (Wildman–Crippen MR) is 83.3 cm³/mol. The standard InChI is InChI=1S/C15H26BNO3/c1-12(2)11-17(13(3)4)8-9-20-15-7-5-6-14(10-15)16(18)19/h5-7,10,12-13,18-19H,8-9,11H2,1-4H3. The largest absolute Gasteiger partial charge is 0.492 e. The molecule has 0 saturated carbocycles. The zero-order valence-electron chi connectivity index (χ0n) is 12.9. The number of nitrogens with zero attached hydrogens (tertiary/aromatic N) is 1. The van der Waals surface area contributed by atoms with Crippen LogP contribution in [0, 0.1) is 5.92 Å². The summed E-state index contributed by atoms with van der Waals surface area (Å²) in [5, 5.41) is 18.3. The zero-order chi connectivity index (χ0) is 15.1. The molecular weight excluding hydrogens is 253 g/mol. The van der Waals surface area contributed by atoms with E-state index in [2.05, 4.69) is 32.6 Å². The average Bonchev–Trinajstić information content (AvgIpc) is 2.37. The Hall–Kier alpha value is -1.04. The smallest absolute Gasteiger partial charge is 0.488 e. The molecule has 0 aliphatic carbocycles. The number of ether oxygens (including phenoxy) is 1. The van der Waals surface area contributed by atoms with Gasteiger partial charge in [0.2, 0.25) is 0 Å². The van der Waals surface area contributed by atoms with Gasteiger partial charge in [0.1, 0.15) is 12.4 Å². The molecular formula is C15H26BNO3. The highest BCUT2D eigenvalue weighted by molar-refractivity contribution is 6.58. The molecule has 0 radical (unpaired) electrons. The number of hydrogen-bond acceptors (Lipinski definition) is 4. The second-order valence-electron chi connectivity index (χ2n) is 5.78. The van der Waals surface area contributed by atoms with Crippen molar-refractivity contribution in [3.63, 3.8) is 0 Å². The predicted octanol–water partition coefficient (Wildman–Crippen LogP) is 1.11. The minimum atomic E-state index is -1.45. The van der Waals surface area contributed by atoms with Crippen molar-refractivity contribution in [2.45, 2.75) is 33.7 Å². The summed E-state index contributed by atoms with van der Waals surface area (Å²) in [5.74, 6) is 1.30. The van der Waals surface area contributed by atoms with Crippen LogP contribution >= 0.6 is 0 Å². The molecule has 0 heterocycles. The van der Waals surface area contributed by atoms with Crippen LogP contribution in [0.5, 0.6) is 5.75 Å². The van der Waals surface area contributed by atoms with E-state index in [1.807, 2.05) is 6.07 Å². The van der Waals surface area contributed by atoms with Crippen molar-refractivity contribution in [3.8, 4) is 5.75 Å². The molecule has 112 valence electrons. The van der Waals surface area contributed by atoms with E-state index < -0.39 is 7.12 Å². The first-order chi connectivity index (χ1) is 9.40. The third-order valence-electron chi connectivity index (χ3n) is 3.13. The van der Waals surface area contributed by atoms with E-state index in [-0.39, 0.29) is 0 Å². The van der Waals surface area contributed by atoms with E-state index in [4.69, 9.17) is 14.8 Å². The van der Waals surface area contributed by atoms with Crippen molar-refractivity contribution in [1.29, 1.82) is 0 Å². The summed E-state index contributed by atoms with van der Waals surface area (Å²) in [6, 6.07) is 7.40. The summed E-state index contributed by atoms with van der Waals surface area (Å²) >= 11 is 0. The van der Waals surface area contributed by atoms with Crippen molar-refractivity contribution >= 4 is 12.6 Å². The molecule has 2 N–H and O–H groups in total. The first kappa shape index (κ1) is 17.0. The fraction of sp³-hybridized carbons (Fsp3) is 0.600. The molecule has 5 heteroatoms. The number of hydrogen-bond donors (Lipinski definition) is 2. The first-order valence-corrected chi connectivity index (χ1v) is 7.23. The maximum Gasteiger partial charge on any atom is 0.488 e. The lowest BCUT2D eigenvalue weighted by atomic mass is 9.80. The van der Waals surface area contributed by atoms with E-state index in [0.717, 1.165) is 13.1 Å².